The van der Waals surface area contributed by atoms with Gasteiger partial charge in [-0.05, 0) is 57.0 Å². The standard InChI is InChI=1S/C30H37N3O5S/c1-6-23(3)31-30(35)24(4)32(20-25-18-16-22(2)17-19-25)29(34)21-33(27-14-10-11-15-28(27)38-5)39(36,37)26-12-8-7-9-13-26/h7-19,23-24H,6,20-21H2,1-5H3,(H,31,35). The summed E-state index contributed by atoms with van der Waals surface area (Å²) in [4.78, 5) is 28.6. The quantitative estimate of drug-likeness (QED) is 0.357. The van der Waals surface area contributed by atoms with Gasteiger partial charge in [0.15, 0.2) is 0 Å². The molecule has 0 fully saturated rings. The van der Waals surface area contributed by atoms with E-state index in [-0.39, 0.29) is 29.1 Å². The molecule has 2 atom stereocenters. The number of benzene rings is 3. The highest BCUT2D eigenvalue weighted by atomic mass is 32.2. The lowest BCUT2D eigenvalue weighted by atomic mass is 10.1. The fourth-order valence-corrected chi connectivity index (χ4v) is 5.45. The van der Waals surface area contributed by atoms with Crippen LogP contribution < -0.4 is 14.4 Å². The Bertz CT molecular complexity index is 1360. The lowest BCUT2D eigenvalue weighted by molar-refractivity contribution is -0.139. The highest BCUT2D eigenvalue weighted by molar-refractivity contribution is 7.92. The minimum atomic E-state index is -4.16. The molecule has 8 nitrogen and oxygen atoms in total. The molecule has 1 N–H and O–H groups in total. The Balaban J connectivity index is 2.04. The van der Waals surface area contributed by atoms with E-state index in [1.165, 1.54) is 24.1 Å². The van der Waals surface area contributed by atoms with Gasteiger partial charge in [-0.1, -0.05) is 67.1 Å². The van der Waals surface area contributed by atoms with Gasteiger partial charge in [0.25, 0.3) is 10.0 Å². The lowest BCUT2D eigenvalue weighted by Crippen LogP contribution is -2.52. The van der Waals surface area contributed by atoms with Crippen molar-refractivity contribution in [1.29, 1.82) is 0 Å². The molecule has 3 aromatic carbocycles. The summed E-state index contributed by atoms with van der Waals surface area (Å²) < 4.78 is 34.2. The number of anilines is 1. The van der Waals surface area contributed by atoms with Crippen molar-refractivity contribution in [2.45, 2.75) is 57.6 Å². The summed E-state index contributed by atoms with van der Waals surface area (Å²) in [5.74, 6) is -0.523. The van der Waals surface area contributed by atoms with Gasteiger partial charge in [0, 0.05) is 12.6 Å². The van der Waals surface area contributed by atoms with Gasteiger partial charge in [0.05, 0.1) is 17.7 Å². The maximum Gasteiger partial charge on any atom is 0.264 e. The molecule has 0 aliphatic heterocycles. The smallest absolute Gasteiger partial charge is 0.264 e. The molecule has 0 aliphatic rings. The second-order valence-corrected chi connectivity index (χ2v) is 11.4. The number of nitrogens with one attached hydrogen (secondary N) is 1. The predicted octanol–water partition coefficient (Wildman–Crippen LogP) is 4.53. The Labute approximate surface area is 231 Å². The Morgan fingerprint density at radius 2 is 1.54 bits per heavy atom. The van der Waals surface area contributed by atoms with Crippen LogP contribution in [-0.2, 0) is 26.2 Å². The molecular formula is C30H37N3O5S. The maximum absolute atomic E-state index is 14.0. The number of hydrogen-bond acceptors (Lipinski definition) is 5. The first-order valence-electron chi connectivity index (χ1n) is 12.9. The molecule has 0 radical (unpaired) electrons. The number of hydrogen-bond donors (Lipinski definition) is 1. The Kier molecular flexibility index (Phi) is 10.1. The van der Waals surface area contributed by atoms with E-state index >= 15 is 0 Å². The average molecular weight is 552 g/mol. The van der Waals surface area contributed by atoms with E-state index in [1.807, 2.05) is 45.0 Å². The van der Waals surface area contributed by atoms with Crippen LogP contribution >= 0.6 is 0 Å². The maximum atomic E-state index is 14.0. The van der Waals surface area contributed by atoms with E-state index in [4.69, 9.17) is 4.74 Å². The van der Waals surface area contributed by atoms with E-state index in [0.29, 0.717) is 5.75 Å². The summed E-state index contributed by atoms with van der Waals surface area (Å²) in [7, 11) is -2.71. The number of rotatable bonds is 12. The number of carbonyl (C=O) groups is 2. The van der Waals surface area contributed by atoms with Crippen molar-refractivity contribution >= 4 is 27.5 Å². The third-order valence-corrected chi connectivity index (χ3v) is 8.38. The van der Waals surface area contributed by atoms with E-state index < -0.39 is 28.5 Å². The van der Waals surface area contributed by atoms with Crippen molar-refractivity contribution in [3.05, 3.63) is 90.0 Å². The Hall–Kier alpha value is -3.85. The van der Waals surface area contributed by atoms with Crippen LogP contribution in [0.3, 0.4) is 0 Å². The van der Waals surface area contributed by atoms with Crippen LogP contribution in [0.15, 0.2) is 83.8 Å². The van der Waals surface area contributed by atoms with Gasteiger partial charge < -0.3 is 15.0 Å². The summed E-state index contributed by atoms with van der Waals surface area (Å²) in [5, 5.41) is 2.93. The summed E-state index contributed by atoms with van der Waals surface area (Å²) in [5.41, 5.74) is 2.12. The topological polar surface area (TPSA) is 96.0 Å². The molecule has 0 saturated carbocycles. The van der Waals surface area contributed by atoms with Crippen LogP contribution in [0.1, 0.15) is 38.3 Å². The van der Waals surface area contributed by atoms with Gasteiger partial charge >= 0.3 is 0 Å². The fraction of sp³-hybridized carbons (Fsp3) is 0.333. The molecule has 0 aliphatic carbocycles. The first-order valence-corrected chi connectivity index (χ1v) is 14.4. The molecule has 2 unspecified atom stereocenters. The lowest BCUT2D eigenvalue weighted by Gasteiger charge is -2.32. The number of carbonyl (C=O) groups excluding carboxylic acids is 2. The van der Waals surface area contributed by atoms with E-state index in [0.717, 1.165) is 21.9 Å². The Morgan fingerprint density at radius 3 is 2.15 bits per heavy atom. The normalized spacial score (nSPS) is 12.7. The molecular weight excluding hydrogens is 514 g/mol. The number of methoxy groups -OCH3 is 1. The van der Waals surface area contributed by atoms with Crippen LogP contribution in [0.2, 0.25) is 0 Å². The van der Waals surface area contributed by atoms with Crippen molar-refractivity contribution in [3.8, 4) is 5.75 Å². The molecule has 39 heavy (non-hydrogen) atoms. The Morgan fingerprint density at radius 1 is 0.923 bits per heavy atom. The van der Waals surface area contributed by atoms with Crippen molar-refractivity contribution in [2.75, 3.05) is 18.0 Å². The van der Waals surface area contributed by atoms with Gasteiger partial charge in [-0.15, -0.1) is 0 Å². The number of nitrogens with zero attached hydrogens (tertiary/aromatic N) is 2. The van der Waals surface area contributed by atoms with Gasteiger partial charge in [0.2, 0.25) is 11.8 Å². The first-order chi connectivity index (χ1) is 18.6. The predicted molar refractivity (Wildman–Crippen MR) is 153 cm³/mol. The van der Waals surface area contributed by atoms with Crippen molar-refractivity contribution in [3.63, 3.8) is 0 Å². The highest BCUT2D eigenvalue weighted by Gasteiger charge is 2.33. The van der Waals surface area contributed by atoms with E-state index in [1.54, 1.807) is 49.4 Å². The number of amides is 2. The van der Waals surface area contributed by atoms with Crippen LogP contribution in [-0.4, -0.2) is 50.9 Å². The molecule has 3 rings (SSSR count). The fourth-order valence-electron chi connectivity index (χ4n) is 4.01. The van der Waals surface area contributed by atoms with Crippen LogP contribution in [0.4, 0.5) is 5.69 Å². The van der Waals surface area contributed by atoms with Gasteiger partial charge in [-0.25, -0.2) is 8.42 Å². The van der Waals surface area contributed by atoms with E-state index in [9.17, 15) is 18.0 Å². The summed E-state index contributed by atoms with van der Waals surface area (Å²) in [6.45, 7) is 7.10. The largest absolute Gasteiger partial charge is 0.495 e. The minimum absolute atomic E-state index is 0.0383. The SMILES string of the molecule is CCC(C)NC(=O)C(C)N(Cc1ccc(C)cc1)C(=O)CN(c1ccccc1OC)S(=O)(=O)c1ccccc1. The van der Waals surface area contributed by atoms with Gasteiger partial charge in [-0.3, -0.25) is 13.9 Å². The molecule has 0 spiro atoms. The number of para-hydroxylation sites is 2. The van der Waals surface area contributed by atoms with Crippen molar-refractivity contribution in [2.24, 2.45) is 0 Å². The second-order valence-electron chi connectivity index (χ2n) is 9.50. The van der Waals surface area contributed by atoms with Crippen LogP contribution in [0, 0.1) is 6.92 Å². The molecule has 208 valence electrons. The van der Waals surface area contributed by atoms with Crippen LogP contribution in [0.25, 0.3) is 0 Å². The summed E-state index contributed by atoms with van der Waals surface area (Å²) in [6.07, 6.45) is 0.737. The average Bonchev–Trinajstić information content (AvgIpc) is 2.95. The zero-order chi connectivity index (χ0) is 28.6. The van der Waals surface area contributed by atoms with Gasteiger partial charge in [-0.2, -0.15) is 0 Å². The van der Waals surface area contributed by atoms with Crippen molar-refractivity contribution in [1.82, 2.24) is 10.2 Å². The third kappa shape index (κ3) is 7.38. The van der Waals surface area contributed by atoms with Crippen molar-refractivity contribution < 1.29 is 22.7 Å². The molecule has 0 bridgehead atoms. The van der Waals surface area contributed by atoms with E-state index in [2.05, 4.69) is 5.32 Å². The summed E-state index contributed by atoms with van der Waals surface area (Å²) in [6, 6.07) is 21.3. The molecule has 3 aromatic rings. The zero-order valence-electron chi connectivity index (χ0n) is 23.1. The molecule has 0 aromatic heterocycles. The molecule has 0 heterocycles. The number of ether oxygens (including phenoxy) is 1. The number of aryl methyl sites for hydroxylation is 1. The molecule has 9 heteroatoms. The number of sulfonamides is 1. The second kappa shape index (κ2) is 13.3. The minimum Gasteiger partial charge on any atom is -0.495 e. The monoisotopic (exact) mass is 551 g/mol. The van der Waals surface area contributed by atoms with Crippen LogP contribution in [0.5, 0.6) is 5.75 Å². The molecule has 2 amide bonds. The van der Waals surface area contributed by atoms with Gasteiger partial charge in [0.1, 0.15) is 18.3 Å². The zero-order valence-corrected chi connectivity index (χ0v) is 23.9. The third-order valence-electron chi connectivity index (χ3n) is 6.61. The molecule has 0 saturated heterocycles. The highest BCUT2D eigenvalue weighted by Crippen LogP contribution is 2.32. The summed E-state index contributed by atoms with van der Waals surface area (Å²) >= 11 is 0. The first kappa shape index (κ1) is 29.7.